The van der Waals surface area contributed by atoms with Gasteiger partial charge in [-0.05, 0) is 92.3 Å². The molecule has 0 unspecified atom stereocenters. The molecule has 0 bridgehead atoms. The minimum absolute atomic E-state index is 0.481. The molecule has 0 heteroatoms. The summed E-state index contributed by atoms with van der Waals surface area (Å²) in [6.45, 7) is 12.6. The zero-order valence-corrected chi connectivity index (χ0v) is 16.0. The van der Waals surface area contributed by atoms with E-state index < -0.39 is 0 Å². The van der Waals surface area contributed by atoms with Gasteiger partial charge in [0.05, 0.1) is 0 Å². The Balaban J connectivity index is 1.75. The van der Waals surface area contributed by atoms with Crippen molar-refractivity contribution in [2.45, 2.75) is 86.0 Å². The van der Waals surface area contributed by atoms with E-state index in [9.17, 15) is 0 Å². The molecule has 0 saturated heterocycles. The van der Waals surface area contributed by atoms with Crippen molar-refractivity contribution in [1.29, 1.82) is 0 Å². The maximum Gasteiger partial charge on any atom is -0.00479 e. The Morgan fingerprint density at radius 3 is 2.61 bits per heavy atom. The second-order valence-corrected chi connectivity index (χ2v) is 10.1. The van der Waals surface area contributed by atoms with Gasteiger partial charge in [0.1, 0.15) is 0 Å². The van der Waals surface area contributed by atoms with E-state index in [1.807, 2.05) is 5.57 Å². The fourth-order valence-electron chi connectivity index (χ4n) is 7.51. The van der Waals surface area contributed by atoms with E-state index in [2.05, 4.69) is 46.8 Å². The molecule has 4 aliphatic rings. The second kappa shape index (κ2) is 4.99. The summed E-state index contributed by atoms with van der Waals surface area (Å²) in [5.41, 5.74) is 5.19. The van der Waals surface area contributed by atoms with E-state index in [0.29, 0.717) is 16.2 Å². The van der Waals surface area contributed by atoms with Gasteiger partial charge >= 0.3 is 0 Å². The fourth-order valence-corrected chi connectivity index (χ4v) is 7.51. The highest BCUT2D eigenvalue weighted by molar-refractivity contribution is 5.35. The molecule has 0 amide bonds. The zero-order valence-electron chi connectivity index (χ0n) is 16.0. The van der Waals surface area contributed by atoms with E-state index >= 15 is 0 Å². The normalized spacial score (nSPS) is 54.2. The van der Waals surface area contributed by atoms with Crippen LogP contribution in [0.2, 0.25) is 0 Å². The molecular formula is C23H36. The van der Waals surface area contributed by atoms with Crippen LogP contribution in [-0.2, 0) is 0 Å². The van der Waals surface area contributed by atoms with Crippen molar-refractivity contribution in [1.82, 2.24) is 0 Å². The molecule has 0 aliphatic heterocycles. The van der Waals surface area contributed by atoms with Crippen LogP contribution in [0.25, 0.3) is 0 Å². The topological polar surface area (TPSA) is 0 Å². The van der Waals surface area contributed by atoms with Crippen LogP contribution in [0.3, 0.4) is 0 Å². The van der Waals surface area contributed by atoms with E-state index in [-0.39, 0.29) is 0 Å². The molecule has 23 heavy (non-hydrogen) atoms. The molecule has 0 heterocycles. The van der Waals surface area contributed by atoms with Crippen molar-refractivity contribution in [2.24, 2.45) is 34.0 Å². The average Bonchev–Trinajstić information content (AvgIpc) is 2.85. The smallest absolute Gasteiger partial charge is 0.00479 e. The first-order valence-electron chi connectivity index (χ1n) is 10.2. The van der Waals surface area contributed by atoms with Crippen LogP contribution < -0.4 is 0 Å². The van der Waals surface area contributed by atoms with Gasteiger partial charge in [0, 0.05) is 0 Å². The van der Waals surface area contributed by atoms with Crippen molar-refractivity contribution >= 4 is 0 Å². The van der Waals surface area contributed by atoms with Crippen molar-refractivity contribution in [3.05, 3.63) is 23.3 Å². The lowest BCUT2D eigenvalue weighted by Crippen LogP contribution is -2.52. The summed E-state index contributed by atoms with van der Waals surface area (Å²) >= 11 is 0. The third-order valence-electron chi connectivity index (χ3n) is 9.17. The minimum Gasteiger partial charge on any atom is -0.0879 e. The van der Waals surface area contributed by atoms with Crippen molar-refractivity contribution in [3.8, 4) is 0 Å². The monoisotopic (exact) mass is 312 g/mol. The highest BCUT2D eigenvalue weighted by Crippen LogP contribution is 2.69. The predicted molar refractivity (Wildman–Crippen MR) is 99.2 cm³/mol. The maximum atomic E-state index is 2.74. The Hall–Kier alpha value is -0.520. The van der Waals surface area contributed by atoms with Gasteiger partial charge in [0.2, 0.25) is 0 Å². The Morgan fingerprint density at radius 1 is 1.09 bits per heavy atom. The van der Waals surface area contributed by atoms with Gasteiger partial charge in [0.25, 0.3) is 0 Å². The predicted octanol–water partition coefficient (Wildman–Crippen LogP) is 6.92. The highest BCUT2D eigenvalue weighted by Gasteiger charge is 2.59. The third kappa shape index (κ3) is 1.96. The molecular weight excluding hydrogens is 276 g/mol. The number of hydrogen-bond acceptors (Lipinski definition) is 0. The quantitative estimate of drug-likeness (QED) is 0.426. The van der Waals surface area contributed by atoms with Crippen molar-refractivity contribution in [3.63, 3.8) is 0 Å². The van der Waals surface area contributed by atoms with Gasteiger partial charge in [0.15, 0.2) is 0 Å². The average molecular weight is 313 g/mol. The lowest BCUT2D eigenvalue weighted by Gasteiger charge is -2.61. The summed E-state index contributed by atoms with van der Waals surface area (Å²) < 4.78 is 0. The first kappa shape index (κ1) is 16.0. The van der Waals surface area contributed by atoms with Crippen LogP contribution in [-0.4, -0.2) is 0 Å². The first-order valence-corrected chi connectivity index (χ1v) is 10.2. The molecule has 0 N–H and O–H groups in total. The van der Waals surface area contributed by atoms with Crippen LogP contribution in [0.1, 0.15) is 86.0 Å². The molecule has 0 aromatic rings. The van der Waals surface area contributed by atoms with Gasteiger partial charge in [-0.25, -0.2) is 0 Å². The Morgan fingerprint density at radius 2 is 1.87 bits per heavy atom. The highest BCUT2D eigenvalue weighted by atomic mass is 14.6. The van der Waals surface area contributed by atoms with Gasteiger partial charge in [-0.2, -0.15) is 0 Å². The zero-order chi connectivity index (χ0) is 16.5. The van der Waals surface area contributed by atoms with Crippen LogP contribution in [0, 0.1) is 34.0 Å². The minimum atomic E-state index is 0.481. The Bertz CT molecular complexity index is 567. The lowest BCUT2D eigenvalue weighted by atomic mass is 9.43. The molecule has 0 nitrogen and oxygen atoms in total. The maximum absolute atomic E-state index is 2.74. The summed E-state index contributed by atoms with van der Waals surface area (Å²) in [6.07, 6.45) is 16.6. The second-order valence-electron chi connectivity index (χ2n) is 10.1. The molecule has 4 aliphatic carbocycles. The number of fused-ring (bicyclic) bond motifs is 5. The third-order valence-corrected chi connectivity index (χ3v) is 9.17. The van der Waals surface area contributed by atoms with Gasteiger partial charge in [-0.3, -0.25) is 0 Å². The SMILES string of the molecule is C/C=C1/CC[C@H]2[C@@H]3CC[C@]4(C)C[C@H](C)CC[C@]4(C)C3=CC[C@]12C. The molecule has 0 radical (unpaired) electrons. The first-order chi connectivity index (χ1) is 10.8. The lowest BCUT2D eigenvalue weighted by molar-refractivity contribution is -0.0379. The number of rotatable bonds is 0. The molecule has 0 aromatic heterocycles. The Kier molecular flexibility index (Phi) is 3.47. The van der Waals surface area contributed by atoms with Crippen molar-refractivity contribution in [2.75, 3.05) is 0 Å². The van der Waals surface area contributed by atoms with Crippen LogP contribution in [0.4, 0.5) is 0 Å². The van der Waals surface area contributed by atoms with E-state index in [4.69, 9.17) is 0 Å². The summed E-state index contributed by atoms with van der Waals surface area (Å²) in [6, 6.07) is 0. The molecule has 0 spiro atoms. The van der Waals surface area contributed by atoms with Gasteiger partial charge < -0.3 is 0 Å². The molecule has 6 atom stereocenters. The van der Waals surface area contributed by atoms with E-state index in [0.717, 1.165) is 17.8 Å². The number of hydrogen-bond donors (Lipinski definition) is 0. The fraction of sp³-hybridized carbons (Fsp3) is 0.826. The molecule has 0 aromatic carbocycles. The molecule has 3 fully saturated rings. The Labute approximate surface area is 143 Å². The number of allylic oxidation sites excluding steroid dienone is 4. The van der Waals surface area contributed by atoms with Crippen LogP contribution >= 0.6 is 0 Å². The summed E-state index contributed by atoms with van der Waals surface area (Å²) in [7, 11) is 0. The summed E-state index contributed by atoms with van der Waals surface area (Å²) in [5.74, 6) is 2.74. The van der Waals surface area contributed by atoms with Crippen LogP contribution in [0.15, 0.2) is 23.3 Å². The standard InChI is InChI=1S/C23H36/c1-6-17-7-8-19-18-10-12-21(3)15-16(2)9-14-23(21,5)20(18)11-13-22(17,19)4/h6,11,16,18-19H,7-10,12-15H2,1-5H3/b17-6-/t16-,18+,19+,21-,22-,23-/m1/s1. The van der Waals surface area contributed by atoms with E-state index in [1.165, 1.54) is 51.4 Å². The molecule has 4 rings (SSSR count). The van der Waals surface area contributed by atoms with Gasteiger partial charge in [-0.15, -0.1) is 0 Å². The molecule has 3 saturated carbocycles. The summed E-state index contributed by atoms with van der Waals surface area (Å²) in [5, 5.41) is 0. The van der Waals surface area contributed by atoms with E-state index in [1.54, 1.807) is 5.57 Å². The molecule has 128 valence electrons. The van der Waals surface area contributed by atoms with Crippen molar-refractivity contribution < 1.29 is 0 Å². The largest absolute Gasteiger partial charge is 0.0879 e. The van der Waals surface area contributed by atoms with Gasteiger partial charge in [-0.1, -0.05) is 51.0 Å². The summed E-state index contributed by atoms with van der Waals surface area (Å²) in [4.78, 5) is 0. The van der Waals surface area contributed by atoms with Crippen LogP contribution in [0.5, 0.6) is 0 Å².